The van der Waals surface area contributed by atoms with Gasteiger partial charge in [0.2, 0.25) is 5.95 Å². The fourth-order valence-corrected chi connectivity index (χ4v) is 3.49. The molecule has 0 saturated carbocycles. The second-order valence-electron chi connectivity index (χ2n) is 6.61. The lowest BCUT2D eigenvalue weighted by atomic mass is 10.2. The number of anilines is 2. The highest BCUT2D eigenvalue weighted by atomic mass is 16.5. The Morgan fingerprint density at radius 3 is 2.46 bits per heavy atom. The van der Waals surface area contributed by atoms with Crippen molar-refractivity contribution < 1.29 is 9.47 Å². The Hall–Kier alpha value is -1.93. The van der Waals surface area contributed by atoms with Crippen molar-refractivity contribution in [2.75, 3.05) is 49.2 Å². The summed E-state index contributed by atoms with van der Waals surface area (Å²) < 4.78 is 13.1. The number of aryl methyl sites for hydroxylation is 1. The molecule has 8 nitrogen and oxygen atoms in total. The number of fused-ring (bicyclic) bond motifs is 1. The van der Waals surface area contributed by atoms with E-state index in [-0.39, 0.29) is 12.2 Å². The topological polar surface area (TPSA) is 68.5 Å². The predicted molar refractivity (Wildman–Crippen MR) is 91.6 cm³/mol. The van der Waals surface area contributed by atoms with Gasteiger partial charge >= 0.3 is 0 Å². The highest BCUT2D eigenvalue weighted by molar-refractivity contribution is 5.88. The molecule has 0 aromatic carbocycles. The van der Waals surface area contributed by atoms with E-state index in [4.69, 9.17) is 19.4 Å². The lowest BCUT2D eigenvalue weighted by molar-refractivity contribution is -0.00570. The van der Waals surface area contributed by atoms with Crippen molar-refractivity contribution in [2.24, 2.45) is 7.05 Å². The molecule has 0 aliphatic carbocycles. The maximum atomic E-state index is 5.84. The van der Waals surface area contributed by atoms with Crippen LogP contribution in [0, 0.1) is 0 Å². The number of ether oxygens (including phenoxy) is 2. The zero-order valence-electron chi connectivity index (χ0n) is 14.5. The van der Waals surface area contributed by atoms with Gasteiger partial charge in [-0.3, -0.25) is 4.68 Å². The van der Waals surface area contributed by atoms with Crippen molar-refractivity contribution in [1.82, 2.24) is 19.7 Å². The monoisotopic (exact) mass is 332 g/mol. The van der Waals surface area contributed by atoms with Crippen LogP contribution in [0.3, 0.4) is 0 Å². The normalized spacial score (nSPS) is 25.5. The lowest BCUT2D eigenvalue weighted by Crippen LogP contribution is -2.46. The maximum Gasteiger partial charge on any atom is 0.229 e. The molecule has 4 heterocycles. The van der Waals surface area contributed by atoms with Crippen LogP contribution in [0.2, 0.25) is 0 Å². The summed E-state index contributed by atoms with van der Waals surface area (Å²) in [5.41, 5.74) is 0.869. The van der Waals surface area contributed by atoms with Crippen LogP contribution in [0.5, 0.6) is 0 Å². The minimum absolute atomic E-state index is 0.173. The van der Waals surface area contributed by atoms with E-state index in [1.807, 2.05) is 17.9 Å². The summed E-state index contributed by atoms with van der Waals surface area (Å²) in [6.07, 6.45) is 2.20. The second-order valence-corrected chi connectivity index (χ2v) is 6.61. The molecule has 2 fully saturated rings. The fourth-order valence-electron chi connectivity index (χ4n) is 3.49. The van der Waals surface area contributed by atoms with E-state index in [0.717, 1.165) is 62.2 Å². The summed E-state index contributed by atoms with van der Waals surface area (Å²) in [7, 11) is 1.92. The van der Waals surface area contributed by atoms with E-state index in [1.54, 1.807) is 0 Å². The molecule has 0 radical (unpaired) electrons. The Morgan fingerprint density at radius 2 is 1.75 bits per heavy atom. The number of hydrogen-bond acceptors (Lipinski definition) is 7. The molecule has 0 amide bonds. The molecule has 0 unspecified atom stereocenters. The number of rotatable bonds is 2. The second kappa shape index (κ2) is 6.18. The van der Waals surface area contributed by atoms with Gasteiger partial charge < -0.3 is 19.3 Å². The van der Waals surface area contributed by atoms with Gasteiger partial charge in [0.05, 0.1) is 37.0 Å². The molecule has 0 N–H and O–H groups in total. The van der Waals surface area contributed by atoms with Crippen LogP contribution >= 0.6 is 0 Å². The first-order chi connectivity index (χ1) is 11.6. The molecule has 24 heavy (non-hydrogen) atoms. The molecule has 130 valence electrons. The quantitative estimate of drug-likeness (QED) is 0.806. The van der Waals surface area contributed by atoms with Crippen molar-refractivity contribution in [3.63, 3.8) is 0 Å². The van der Waals surface area contributed by atoms with Gasteiger partial charge in [-0.05, 0) is 13.8 Å². The number of nitrogens with zero attached hydrogens (tertiary/aromatic N) is 6. The molecule has 2 saturated heterocycles. The Balaban J connectivity index is 1.77. The van der Waals surface area contributed by atoms with Gasteiger partial charge in [-0.15, -0.1) is 0 Å². The molecule has 2 aromatic heterocycles. The highest BCUT2D eigenvalue weighted by Gasteiger charge is 2.27. The van der Waals surface area contributed by atoms with Crippen molar-refractivity contribution >= 4 is 22.8 Å². The number of morpholine rings is 2. The molecule has 8 heteroatoms. The van der Waals surface area contributed by atoms with Crippen LogP contribution in [-0.2, 0) is 16.5 Å². The zero-order chi connectivity index (χ0) is 16.7. The highest BCUT2D eigenvalue weighted by Crippen LogP contribution is 2.28. The van der Waals surface area contributed by atoms with Crippen LogP contribution in [0.15, 0.2) is 6.20 Å². The molecule has 2 atom stereocenters. The van der Waals surface area contributed by atoms with E-state index >= 15 is 0 Å². The van der Waals surface area contributed by atoms with Gasteiger partial charge in [-0.25, -0.2) is 0 Å². The van der Waals surface area contributed by atoms with E-state index in [9.17, 15) is 0 Å². The van der Waals surface area contributed by atoms with E-state index in [1.165, 1.54) is 0 Å². The molecule has 0 spiro atoms. The van der Waals surface area contributed by atoms with Crippen LogP contribution in [-0.4, -0.2) is 71.3 Å². The van der Waals surface area contributed by atoms with Crippen molar-refractivity contribution in [3.8, 4) is 0 Å². The maximum absolute atomic E-state index is 5.84. The zero-order valence-corrected chi connectivity index (χ0v) is 14.5. The predicted octanol–water partition coefficient (Wildman–Crippen LogP) is 0.813. The molecule has 2 aliphatic heterocycles. The first kappa shape index (κ1) is 15.6. The van der Waals surface area contributed by atoms with Crippen LogP contribution in [0.1, 0.15) is 13.8 Å². The van der Waals surface area contributed by atoms with Crippen LogP contribution in [0.25, 0.3) is 11.0 Å². The molecule has 0 bridgehead atoms. The summed E-state index contributed by atoms with van der Waals surface area (Å²) in [5, 5.41) is 5.38. The third kappa shape index (κ3) is 2.80. The van der Waals surface area contributed by atoms with Crippen LogP contribution in [0.4, 0.5) is 11.8 Å². The summed E-state index contributed by atoms with van der Waals surface area (Å²) in [6.45, 7) is 8.93. The molecule has 4 rings (SSSR count). The fraction of sp³-hybridized carbons (Fsp3) is 0.688. The number of aromatic nitrogens is 4. The molecule has 2 aliphatic rings. The first-order valence-corrected chi connectivity index (χ1v) is 8.54. The van der Waals surface area contributed by atoms with Gasteiger partial charge in [0, 0.05) is 33.2 Å². The Labute approximate surface area is 141 Å². The summed E-state index contributed by atoms with van der Waals surface area (Å²) in [6, 6.07) is 0. The Bertz CT molecular complexity index is 717. The largest absolute Gasteiger partial charge is 0.378 e. The minimum Gasteiger partial charge on any atom is -0.378 e. The third-order valence-corrected chi connectivity index (χ3v) is 4.57. The summed E-state index contributed by atoms with van der Waals surface area (Å²) in [5.74, 6) is 1.72. The van der Waals surface area contributed by atoms with Gasteiger partial charge in [0.15, 0.2) is 5.65 Å². The van der Waals surface area contributed by atoms with E-state index in [0.29, 0.717) is 0 Å². The first-order valence-electron chi connectivity index (χ1n) is 8.54. The van der Waals surface area contributed by atoms with Crippen LogP contribution < -0.4 is 9.80 Å². The summed E-state index contributed by atoms with van der Waals surface area (Å²) >= 11 is 0. The standard InChI is InChI=1S/C16H24N6O2/c1-11-9-22(10-12(2)24-11)16-18-14-13(8-17-20(14)3)15(19-16)21-4-6-23-7-5-21/h8,11-12H,4-7,9-10H2,1-3H3/t11-,12+. The summed E-state index contributed by atoms with van der Waals surface area (Å²) in [4.78, 5) is 14.2. The molecular weight excluding hydrogens is 308 g/mol. The average molecular weight is 332 g/mol. The minimum atomic E-state index is 0.173. The average Bonchev–Trinajstić information content (AvgIpc) is 2.95. The van der Waals surface area contributed by atoms with Crippen molar-refractivity contribution in [3.05, 3.63) is 6.20 Å². The van der Waals surface area contributed by atoms with Gasteiger partial charge in [0.25, 0.3) is 0 Å². The Kier molecular flexibility index (Phi) is 4.01. The van der Waals surface area contributed by atoms with Gasteiger partial charge in [-0.1, -0.05) is 0 Å². The lowest BCUT2D eigenvalue weighted by Gasteiger charge is -2.36. The van der Waals surface area contributed by atoms with E-state index < -0.39 is 0 Å². The van der Waals surface area contributed by atoms with Crippen molar-refractivity contribution in [2.45, 2.75) is 26.1 Å². The van der Waals surface area contributed by atoms with Gasteiger partial charge in [0.1, 0.15) is 5.82 Å². The SMILES string of the molecule is C[C@@H]1CN(c2nc(N3CCOCC3)c3cnn(C)c3n2)C[C@H](C)O1. The van der Waals surface area contributed by atoms with E-state index in [2.05, 4.69) is 28.7 Å². The molecule has 2 aromatic rings. The number of hydrogen-bond donors (Lipinski definition) is 0. The molecular formula is C16H24N6O2. The van der Waals surface area contributed by atoms with Crippen molar-refractivity contribution in [1.29, 1.82) is 0 Å². The smallest absolute Gasteiger partial charge is 0.229 e. The van der Waals surface area contributed by atoms with Gasteiger partial charge in [-0.2, -0.15) is 15.1 Å². The Morgan fingerprint density at radius 1 is 1.04 bits per heavy atom. The third-order valence-electron chi connectivity index (χ3n) is 4.57.